The zero-order valence-corrected chi connectivity index (χ0v) is 20.8. The van der Waals surface area contributed by atoms with Crippen molar-refractivity contribution in [3.8, 4) is 0 Å². The molecule has 1 fully saturated rings. The third kappa shape index (κ3) is 6.91. The van der Waals surface area contributed by atoms with Crippen molar-refractivity contribution in [2.75, 3.05) is 26.2 Å². The van der Waals surface area contributed by atoms with E-state index in [4.69, 9.17) is 0 Å². The lowest BCUT2D eigenvalue weighted by Gasteiger charge is -2.31. The Bertz CT molecular complexity index is 949. The van der Waals surface area contributed by atoms with Crippen LogP contribution in [0.3, 0.4) is 0 Å². The third-order valence-corrected chi connectivity index (χ3v) is 7.29. The van der Waals surface area contributed by atoms with E-state index in [9.17, 15) is 9.59 Å². The number of benzene rings is 2. The van der Waals surface area contributed by atoms with Crippen LogP contribution in [0.2, 0.25) is 0 Å². The van der Waals surface area contributed by atoms with E-state index in [2.05, 4.69) is 48.2 Å². The maximum absolute atomic E-state index is 12.9. The molecule has 5 heteroatoms. The van der Waals surface area contributed by atoms with Crippen LogP contribution in [0.5, 0.6) is 0 Å². The van der Waals surface area contributed by atoms with Gasteiger partial charge in [0.2, 0.25) is 5.91 Å². The Balaban J connectivity index is 0.00000306. The van der Waals surface area contributed by atoms with Crippen molar-refractivity contribution in [1.82, 2.24) is 9.80 Å². The summed E-state index contributed by atoms with van der Waals surface area (Å²) in [5.74, 6) is 0.996. The molecule has 0 aliphatic carbocycles. The van der Waals surface area contributed by atoms with Gasteiger partial charge in [-0.2, -0.15) is 0 Å². The summed E-state index contributed by atoms with van der Waals surface area (Å²) < 4.78 is 0. The number of likely N-dealkylation sites (tertiary alicyclic amines) is 1. The van der Waals surface area contributed by atoms with Crippen LogP contribution < -0.4 is 0 Å². The minimum atomic E-state index is 0. The molecular weight excluding hydrogens is 432 g/mol. The van der Waals surface area contributed by atoms with Gasteiger partial charge in [0.05, 0.1) is 0 Å². The highest BCUT2D eigenvalue weighted by Crippen LogP contribution is 2.24. The van der Waals surface area contributed by atoms with Crippen LogP contribution in [0.4, 0.5) is 0 Å². The molecule has 0 unspecified atom stereocenters. The number of carbonyl (C=O) groups is 2. The van der Waals surface area contributed by atoms with Crippen LogP contribution in [0, 0.1) is 12.8 Å². The summed E-state index contributed by atoms with van der Waals surface area (Å²) in [4.78, 5) is 28.8. The minimum absolute atomic E-state index is 0. The predicted molar refractivity (Wildman–Crippen MR) is 136 cm³/mol. The molecule has 0 radical (unpaired) electrons. The number of Topliss-reactive ketones (excluding diaryl/α,β-unsaturated/α-hetero) is 1. The van der Waals surface area contributed by atoms with Crippen molar-refractivity contribution in [3.63, 3.8) is 0 Å². The molecule has 2 aliphatic heterocycles. The van der Waals surface area contributed by atoms with Crippen molar-refractivity contribution in [2.45, 2.75) is 58.9 Å². The van der Waals surface area contributed by atoms with Crippen molar-refractivity contribution in [3.05, 3.63) is 70.3 Å². The van der Waals surface area contributed by atoms with Gasteiger partial charge in [-0.1, -0.05) is 42.0 Å². The second-order valence-corrected chi connectivity index (χ2v) is 9.66. The lowest BCUT2D eigenvalue weighted by molar-refractivity contribution is -0.130. The van der Waals surface area contributed by atoms with E-state index in [-0.39, 0.29) is 24.1 Å². The monoisotopic (exact) mass is 468 g/mol. The lowest BCUT2D eigenvalue weighted by Crippen LogP contribution is -2.37. The van der Waals surface area contributed by atoms with E-state index in [0.29, 0.717) is 12.3 Å². The first-order chi connectivity index (χ1) is 15.5. The number of halogens is 1. The standard InChI is InChI=1S/C28H36N2O2.ClH/c1-21-3-5-24(6-4-21)20-29-15-13-25-8-9-27(19-26(25)14-16-29)28(32)10-7-23-11-17-30(18-12-23)22(2)31;/h3-6,8-9,19,23H,7,10-18,20H2,1-2H3;1H. The average Bonchev–Trinajstić information content (AvgIpc) is 3.01. The van der Waals surface area contributed by atoms with E-state index in [1.165, 1.54) is 22.3 Å². The quantitative estimate of drug-likeness (QED) is 0.544. The maximum atomic E-state index is 12.9. The van der Waals surface area contributed by atoms with Gasteiger partial charge in [0.15, 0.2) is 5.78 Å². The first-order valence-electron chi connectivity index (χ1n) is 12.2. The average molecular weight is 469 g/mol. The summed E-state index contributed by atoms with van der Waals surface area (Å²) >= 11 is 0. The smallest absolute Gasteiger partial charge is 0.219 e. The summed E-state index contributed by atoms with van der Waals surface area (Å²) in [6, 6.07) is 15.2. The van der Waals surface area contributed by atoms with Gasteiger partial charge in [-0.05, 0) is 67.7 Å². The number of nitrogens with zero attached hydrogens (tertiary/aromatic N) is 2. The zero-order chi connectivity index (χ0) is 22.5. The molecule has 178 valence electrons. The number of hydrogen-bond donors (Lipinski definition) is 0. The first-order valence-corrected chi connectivity index (χ1v) is 12.2. The summed E-state index contributed by atoms with van der Waals surface area (Å²) in [6.07, 6.45) is 5.65. The molecule has 1 saturated heterocycles. The SMILES string of the molecule is CC(=O)N1CCC(CCC(=O)c2ccc3c(c2)CCN(Cc2ccc(C)cc2)CC3)CC1.Cl. The van der Waals surface area contributed by atoms with Crippen LogP contribution in [0.25, 0.3) is 0 Å². The molecular formula is C28H37ClN2O2. The molecule has 4 rings (SSSR count). The van der Waals surface area contributed by atoms with Crippen LogP contribution in [-0.2, 0) is 24.2 Å². The normalized spacial score (nSPS) is 17.1. The van der Waals surface area contributed by atoms with Gasteiger partial charge >= 0.3 is 0 Å². The van der Waals surface area contributed by atoms with E-state index in [1.54, 1.807) is 6.92 Å². The Labute approximate surface area is 204 Å². The van der Waals surface area contributed by atoms with Crippen molar-refractivity contribution in [2.24, 2.45) is 5.92 Å². The summed E-state index contributed by atoms with van der Waals surface area (Å²) in [5.41, 5.74) is 6.28. The minimum Gasteiger partial charge on any atom is -0.343 e. The molecule has 0 atom stereocenters. The highest BCUT2D eigenvalue weighted by atomic mass is 35.5. The highest BCUT2D eigenvalue weighted by molar-refractivity contribution is 5.96. The second kappa shape index (κ2) is 11.8. The van der Waals surface area contributed by atoms with Crippen molar-refractivity contribution < 1.29 is 9.59 Å². The fourth-order valence-corrected chi connectivity index (χ4v) is 5.07. The van der Waals surface area contributed by atoms with Crippen molar-refractivity contribution in [1.29, 1.82) is 0 Å². The van der Waals surface area contributed by atoms with Gasteiger partial charge < -0.3 is 4.90 Å². The maximum Gasteiger partial charge on any atom is 0.219 e. The molecule has 2 heterocycles. The van der Waals surface area contributed by atoms with Crippen LogP contribution in [0.15, 0.2) is 42.5 Å². The molecule has 0 aromatic heterocycles. The number of carbonyl (C=O) groups excluding carboxylic acids is 2. The van der Waals surface area contributed by atoms with Gasteiger partial charge in [-0.15, -0.1) is 12.4 Å². The van der Waals surface area contributed by atoms with Crippen LogP contribution >= 0.6 is 12.4 Å². The Hall–Kier alpha value is -2.17. The molecule has 2 aromatic rings. The molecule has 2 aliphatic rings. The van der Waals surface area contributed by atoms with Gasteiger partial charge in [-0.25, -0.2) is 0 Å². The molecule has 0 saturated carbocycles. The molecule has 0 spiro atoms. The molecule has 2 aromatic carbocycles. The molecule has 33 heavy (non-hydrogen) atoms. The van der Waals surface area contributed by atoms with Gasteiger partial charge in [0.25, 0.3) is 0 Å². The highest BCUT2D eigenvalue weighted by Gasteiger charge is 2.22. The number of fused-ring (bicyclic) bond motifs is 1. The van der Waals surface area contributed by atoms with E-state index < -0.39 is 0 Å². The summed E-state index contributed by atoms with van der Waals surface area (Å²) in [6.45, 7) is 8.54. The van der Waals surface area contributed by atoms with E-state index >= 15 is 0 Å². The fourth-order valence-electron chi connectivity index (χ4n) is 5.07. The number of hydrogen-bond acceptors (Lipinski definition) is 3. The fraction of sp³-hybridized carbons (Fsp3) is 0.500. The molecule has 4 nitrogen and oxygen atoms in total. The Kier molecular flexibility index (Phi) is 9.10. The number of piperidine rings is 1. The largest absolute Gasteiger partial charge is 0.343 e. The third-order valence-electron chi connectivity index (χ3n) is 7.29. The number of ketones is 1. The second-order valence-electron chi connectivity index (χ2n) is 9.66. The van der Waals surface area contributed by atoms with Crippen LogP contribution in [0.1, 0.15) is 65.2 Å². The summed E-state index contributed by atoms with van der Waals surface area (Å²) in [7, 11) is 0. The molecule has 0 N–H and O–H groups in total. The van der Waals surface area contributed by atoms with Gasteiger partial charge in [0, 0.05) is 51.6 Å². The van der Waals surface area contributed by atoms with Crippen molar-refractivity contribution >= 4 is 24.1 Å². The Morgan fingerprint density at radius 3 is 2.24 bits per heavy atom. The van der Waals surface area contributed by atoms with Gasteiger partial charge in [-0.3, -0.25) is 14.5 Å². The zero-order valence-electron chi connectivity index (χ0n) is 20.0. The van der Waals surface area contributed by atoms with Crippen LogP contribution in [-0.4, -0.2) is 47.7 Å². The van der Waals surface area contributed by atoms with Gasteiger partial charge in [0.1, 0.15) is 0 Å². The van der Waals surface area contributed by atoms with E-state index in [0.717, 1.165) is 70.4 Å². The molecule has 1 amide bonds. The number of rotatable bonds is 6. The lowest BCUT2D eigenvalue weighted by atomic mass is 9.89. The number of amides is 1. The topological polar surface area (TPSA) is 40.6 Å². The predicted octanol–water partition coefficient (Wildman–Crippen LogP) is 5.24. The Morgan fingerprint density at radius 2 is 1.58 bits per heavy atom. The molecule has 0 bridgehead atoms. The Morgan fingerprint density at radius 1 is 0.909 bits per heavy atom. The number of aryl methyl sites for hydroxylation is 1. The first kappa shape index (κ1) is 25.5. The van der Waals surface area contributed by atoms with E-state index in [1.807, 2.05) is 11.0 Å². The summed E-state index contributed by atoms with van der Waals surface area (Å²) in [5, 5.41) is 0.